The Balaban J connectivity index is 1.40. The molecule has 0 spiro atoms. The SMILES string of the molecule is Cc1ccc(C(=O)NCCc2cccs2)c(C2CCN(C(=O)C3(C)CC3(Cl)Cl)CC2)n1. The molecule has 1 saturated carbocycles. The summed E-state index contributed by atoms with van der Waals surface area (Å²) in [7, 11) is 0. The van der Waals surface area contributed by atoms with Crippen LogP contribution in [0.25, 0.3) is 0 Å². The zero-order chi connectivity index (χ0) is 22.2. The minimum atomic E-state index is -0.951. The van der Waals surface area contributed by atoms with E-state index in [0.29, 0.717) is 31.6 Å². The lowest BCUT2D eigenvalue weighted by molar-refractivity contribution is -0.137. The second-order valence-corrected chi connectivity index (χ2v) is 11.3. The number of amides is 2. The van der Waals surface area contributed by atoms with Gasteiger partial charge in [0.05, 0.1) is 16.7 Å². The molecule has 166 valence electrons. The van der Waals surface area contributed by atoms with Crippen molar-refractivity contribution in [3.05, 3.63) is 51.5 Å². The standard InChI is InChI=1S/C23H27Cl2N3O2S/c1-15-5-6-18(20(29)26-10-7-17-4-3-13-31-17)19(27-15)16-8-11-28(12-9-16)21(30)22(2)14-23(22,24)25/h3-6,13,16H,7-12,14H2,1-2H3,(H,26,29). The smallest absolute Gasteiger partial charge is 0.253 e. The molecule has 8 heteroatoms. The molecule has 2 aromatic heterocycles. The highest BCUT2D eigenvalue weighted by Gasteiger charge is 2.68. The summed E-state index contributed by atoms with van der Waals surface area (Å²) in [6.07, 6.45) is 2.85. The van der Waals surface area contributed by atoms with Crippen LogP contribution in [0.3, 0.4) is 0 Å². The number of carbonyl (C=O) groups is 2. The Kier molecular flexibility index (Phi) is 6.35. The van der Waals surface area contributed by atoms with Crippen LogP contribution < -0.4 is 5.32 Å². The predicted molar refractivity (Wildman–Crippen MR) is 125 cm³/mol. The van der Waals surface area contributed by atoms with Crippen LogP contribution in [0.5, 0.6) is 0 Å². The summed E-state index contributed by atoms with van der Waals surface area (Å²) in [5.41, 5.74) is 1.68. The van der Waals surface area contributed by atoms with Crippen LogP contribution in [0.15, 0.2) is 29.6 Å². The number of nitrogens with zero attached hydrogens (tertiary/aromatic N) is 2. The molecule has 4 rings (SSSR count). The topological polar surface area (TPSA) is 62.3 Å². The lowest BCUT2D eigenvalue weighted by Gasteiger charge is -2.34. The fourth-order valence-electron chi connectivity index (χ4n) is 4.27. The average Bonchev–Trinajstić information content (AvgIpc) is 3.08. The third kappa shape index (κ3) is 4.62. The van der Waals surface area contributed by atoms with E-state index in [-0.39, 0.29) is 17.7 Å². The molecule has 2 aliphatic rings. The number of piperidine rings is 1. The molecule has 0 aromatic carbocycles. The fourth-order valence-corrected chi connectivity index (χ4v) is 5.67. The Labute approximate surface area is 197 Å². The van der Waals surface area contributed by atoms with Crippen molar-refractivity contribution in [3.8, 4) is 0 Å². The largest absolute Gasteiger partial charge is 0.352 e. The van der Waals surface area contributed by atoms with Gasteiger partial charge in [0.2, 0.25) is 5.91 Å². The highest BCUT2D eigenvalue weighted by Crippen LogP contribution is 2.64. The summed E-state index contributed by atoms with van der Waals surface area (Å²) in [6, 6.07) is 7.84. The number of hydrogen-bond donors (Lipinski definition) is 1. The maximum atomic E-state index is 12.9. The van der Waals surface area contributed by atoms with E-state index in [4.69, 9.17) is 28.2 Å². The summed E-state index contributed by atoms with van der Waals surface area (Å²) in [5.74, 6) is 0.0857. The number of carbonyl (C=O) groups excluding carboxylic acids is 2. The number of aromatic nitrogens is 1. The number of aryl methyl sites for hydroxylation is 1. The van der Waals surface area contributed by atoms with Crippen molar-refractivity contribution in [1.29, 1.82) is 0 Å². The minimum Gasteiger partial charge on any atom is -0.352 e. The van der Waals surface area contributed by atoms with Crippen LogP contribution in [0, 0.1) is 12.3 Å². The number of halogens is 2. The third-order valence-corrected chi connectivity index (χ3v) is 8.48. The quantitative estimate of drug-likeness (QED) is 0.609. The zero-order valence-corrected chi connectivity index (χ0v) is 20.1. The maximum absolute atomic E-state index is 12.9. The lowest BCUT2D eigenvalue weighted by Crippen LogP contribution is -2.43. The van der Waals surface area contributed by atoms with E-state index in [2.05, 4.69) is 11.4 Å². The first kappa shape index (κ1) is 22.6. The van der Waals surface area contributed by atoms with E-state index in [1.807, 2.05) is 42.3 Å². The molecular formula is C23H27Cl2N3O2S. The highest BCUT2D eigenvalue weighted by atomic mass is 35.5. The first-order chi connectivity index (χ1) is 14.7. The number of alkyl halides is 2. The molecule has 1 aliphatic carbocycles. The maximum Gasteiger partial charge on any atom is 0.253 e. The molecule has 0 bridgehead atoms. The Morgan fingerprint density at radius 3 is 2.58 bits per heavy atom. The number of pyridine rings is 1. The Hall–Kier alpha value is -1.63. The van der Waals surface area contributed by atoms with E-state index in [1.165, 1.54) is 4.88 Å². The number of thiophene rings is 1. The normalized spacial score (nSPS) is 22.9. The summed E-state index contributed by atoms with van der Waals surface area (Å²) >= 11 is 14.1. The van der Waals surface area contributed by atoms with Crippen molar-refractivity contribution in [2.45, 2.75) is 49.8 Å². The van der Waals surface area contributed by atoms with Gasteiger partial charge in [-0.25, -0.2) is 0 Å². The molecule has 1 unspecified atom stereocenters. The van der Waals surface area contributed by atoms with E-state index >= 15 is 0 Å². The molecule has 31 heavy (non-hydrogen) atoms. The molecule has 1 aliphatic heterocycles. The van der Waals surface area contributed by atoms with Crippen molar-refractivity contribution in [2.24, 2.45) is 5.41 Å². The van der Waals surface area contributed by atoms with Crippen molar-refractivity contribution >= 4 is 46.4 Å². The van der Waals surface area contributed by atoms with Gasteiger partial charge in [-0.2, -0.15) is 0 Å². The van der Waals surface area contributed by atoms with Gasteiger partial charge >= 0.3 is 0 Å². The van der Waals surface area contributed by atoms with E-state index in [9.17, 15) is 9.59 Å². The number of rotatable bonds is 6. The van der Waals surface area contributed by atoms with Crippen molar-refractivity contribution in [3.63, 3.8) is 0 Å². The van der Waals surface area contributed by atoms with Crippen LogP contribution in [-0.4, -0.2) is 45.7 Å². The van der Waals surface area contributed by atoms with Gasteiger partial charge in [0.1, 0.15) is 4.33 Å². The fraction of sp³-hybridized carbons (Fsp3) is 0.522. The average molecular weight is 480 g/mol. The monoisotopic (exact) mass is 479 g/mol. The van der Waals surface area contributed by atoms with E-state index in [1.54, 1.807) is 11.3 Å². The van der Waals surface area contributed by atoms with Gasteiger partial charge in [0, 0.05) is 36.1 Å². The second-order valence-electron chi connectivity index (χ2n) is 8.75. The molecule has 1 atom stereocenters. The molecule has 2 aromatic rings. The zero-order valence-electron chi connectivity index (χ0n) is 17.8. The summed E-state index contributed by atoms with van der Waals surface area (Å²) in [5, 5.41) is 5.08. The van der Waals surface area contributed by atoms with Gasteiger partial charge in [0.25, 0.3) is 5.91 Å². The van der Waals surface area contributed by atoms with E-state index in [0.717, 1.165) is 30.7 Å². The van der Waals surface area contributed by atoms with Gasteiger partial charge in [-0.05, 0) is 63.1 Å². The second kappa shape index (κ2) is 8.72. The number of nitrogens with one attached hydrogen (secondary N) is 1. The van der Waals surface area contributed by atoms with Gasteiger partial charge in [-0.15, -0.1) is 34.5 Å². The van der Waals surface area contributed by atoms with Gasteiger partial charge in [0.15, 0.2) is 0 Å². The molecule has 5 nitrogen and oxygen atoms in total. The third-order valence-electron chi connectivity index (χ3n) is 6.44. The summed E-state index contributed by atoms with van der Waals surface area (Å²) in [4.78, 5) is 33.6. The Morgan fingerprint density at radius 2 is 1.97 bits per heavy atom. The summed E-state index contributed by atoms with van der Waals surface area (Å²) < 4.78 is -0.951. The molecule has 2 amide bonds. The summed E-state index contributed by atoms with van der Waals surface area (Å²) in [6.45, 7) is 5.62. The van der Waals surface area contributed by atoms with Crippen molar-refractivity contribution in [1.82, 2.24) is 15.2 Å². The van der Waals surface area contributed by atoms with Crippen molar-refractivity contribution in [2.75, 3.05) is 19.6 Å². The lowest BCUT2D eigenvalue weighted by atomic mass is 9.89. The van der Waals surface area contributed by atoms with Gasteiger partial charge in [-0.1, -0.05) is 6.07 Å². The van der Waals surface area contributed by atoms with Crippen LogP contribution in [0.4, 0.5) is 0 Å². The molecule has 0 radical (unpaired) electrons. The minimum absolute atomic E-state index is 0.0275. The predicted octanol–water partition coefficient (Wildman–Crippen LogP) is 4.71. The highest BCUT2D eigenvalue weighted by molar-refractivity contribution is 7.09. The van der Waals surface area contributed by atoms with E-state index < -0.39 is 9.75 Å². The van der Waals surface area contributed by atoms with Gasteiger partial charge < -0.3 is 10.2 Å². The van der Waals surface area contributed by atoms with Crippen LogP contribution >= 0.6 is 34.5 Å². The number of likely N-dealkylation sites (tertiary alicyclic amines) is 1. The number of hydrogen-bond acceptors (Lipinski definition) is 4. The molecular weight excluding hydrogens is 453 g/mol. The van der Waals surface area contributed by atoms with Crippen molar-refractivity contribution < 1.29 is 9.59 Å². The molecule has 3 heterocycles. The Bertz CT molecular complexity index is 971. The molecule has 1 N–H and O–H groups in total. The first-order valence-corrected chi connectivity index (χ1v) is 12.3. The molecule has 1 saturated heterocycles. The van der Waals surface area contributed by atoms with Crippen LogP contribution in [0.1, 0.15) is 58.7 Å². The first-order valence-electron chi connectivity index (χ1n) is 10.7. The van der Waals surface area contributed by atoms with Crippen LogP contribution in [0.2, 0.25) is 0 Å². The van der Waals surface area contributed by atoms with Crippen LogP contribution in [-0.2, 0) is 11.2 Å². The Morgan fingerprint density at radius 1 is 1.26 bits per heavy atom. The molecule has 2 fully saturated rings. The van der Waals surface area contributed by atoms with Gasteiger partial charge in [-0.3, -0.25) is 14.6 Å².